The summed E-state index contributed by atoms with van der Waals surface area (Å²) >= 11 is 3.48. The number of benzene rings is 1. The molecule has 0 unspecified atom stereocenters. The lowest BCUT2D eigenvalue weighted by molar-refractivity contribution is 0.462. The van der Waals surface area contributed by atoms with E-state index in [1.54, 1.807) is 12.1 Å². The molecule has 0 radical (unpaired) electrons. The molecule has 0 aliphatic heterocycles. The number of hydrogen-bond donors (Lipinski definition) is 2. The van der Waals surface area contributed by atoms with Crippen LogP contribution in [0.3, 0.4) is 0 Å². The SMILES string of the molecule is CCNC(=NCc1cccc(S(N)(=O)=O)c1)N(C)Cc1cc(Br)cn1C.I. The standard InChI is InChI=1S/C17H24BrN5O2S.HI/c1-4-20-17(23(3)12-15-9-14(18)11-22(15)2)21-10-13-6-5-7-16(8-13)26(19,24)25;/h5-9,11H,4,10,12H2,1-3H3,(H,20,21)(H2,19,24,25);1H. The Morgan fingerprint density at radius 3 is 2.63 bits per heavy atom. The summed E-state index contributed by atoms with van der Waals surface area (Å²) in [6.07, 6.45) is 2.01. The lowest BCUT2D eigenvalue weighted by Crippen LogP contribution is -2.38. The number of aryl methyl sites for hydroxylation is 1. The second kappa shape index (κ2) is 10.4. The maximum Gasteiger partial charge on any atom is 0.238 e. The molecule has 1 aromatic heterocycles. The number of hydrogen-bond acceptors (Lipinski definition) is 3. The van der Waals surface area contributed by atoms with Crippen LogP contribution in [0.2, 0.25) is 0 Å². The van der Waals surface area contributed by atoms with Crippen LogP contribution < -0.4 is 10.5 Å². The highest BCUT2D eigenvalue weighted by molar-refractivity contribution is 14.0. The first kappa shape index (κ1) is 23.9. The largest absolute Gasteiger partial charge is 0.357 e. The molecule has 0 saturated heterocycles. The molecule has 10 heteroatoms. The molecule has 3 N–H and O–H groups in total. The van der Waals surface area contributed by atoms with Crippen molar-refractivity contribution in [2.24, 2.45) is 17.2 Å². The first-order valence-electron chi connectivity index (χ1n) is 8.12. The van der Waals surface area contributed by atoms with Crippen molar-refractivity contribution in [1.82, 2.24) is 14.8 Å². The van der Waals surface area contributed by atoms with Crippen molar-refractivity contribution < 1.29 is 8.42 Å². The fourth-order valence-corrected chi connectivity index (χ4v) is 3.65. The minimum Gasteiger partial charge on any atom is -0.357 e. The predicted octanol–water partition coefficient (Wildman–Crippen LogP) is 2.65. The molecule has 0 bridgehead atoms. The van der Waals surface area contributed by atoms with Gasteiger partial charge in [0.05, 0.1) is 18.0 Å². The van der Waals surface area contributed by atoms with Crippen LogP contribution in [-0.4, -0.2) is 37.4 Å². The normalized spacial score (nSPS) is 11.8. The van der Waals surface area contributed by atoms with Gasteiger partial charge in [0.2, 0.25) is 10.0 Å². The molecule has 0 saturated carbocycles. The number of rotatable bonds is 6. The summed E-state index contributed by atoms with van der Waals surface area (Å²) in [6, 6.07) is 8.60. The molecule has 2 aromatic rings. The average Bonchev–Trinajstić information content (AvgIpc) is 2.88. The molecule has 0 amide bonds. The first-order valence-corrected chi connectivity index (χ1v) is 10.5. The van der Waals surface area contributed by atoms with Crippen molar-refractivity contribution in [2.45, 2.75) is 24.9 Å². The topological polar surface area (TPSA) is 92.7 Å². The van der Waals surface area contributed by atoms with E-state index in [0.29, 0.717) is 13.1 Å². The summed E-state index contributed by atoms with van der Waals surface area (Å²) in [5.74, 6) is 0.742. The Morgan fingerprint density at radius 2 is 2.07 bits per heavy atom. The number of aliphatic imine (C=N–C) groups is 1. The van der Waals surface area contributed by atoms with Gasteiger partial charge in [0.1, 0.15) is 0 Å². The maximum atomic E-state index is 11.5. The lowest BCUT2D eigenvalue weighted by Gasteiger charge is -2.22. The van der Waals surface area contributed by atoms with E-state index in [1.807, 2.05) is 38.2 Å². The number of halogens is 2. The van der Waals surface area contributed by atoms with Crippen LogP contribution in [0.5, 0.6) is 0 Å². The third-order valence-corrected chi connectivity index (χ3v) is 5.15. The van der Waals surface area contributed by atoms with Gasteiger partial charge in [-0.15, -0.1) is 24.0 Å². The summed E-state index contributed by atoms with van der Waals surface area (Å²) in [6.45, 7) is 3.78. The molecule has 0 atom stereocenters. The molecular formula is C17H25BrIN5O2S. The predicted molar refractivity (Wildman–Crippen MR) is 123 cm³/mol. The van der Waals surface area contributed by atoms with Gasteiger partial charge < -0.3 is 14.8 Å². The van der Waals surface area contributed by atoms with Crippen LogP contribution in [0.15, 0.2) is 50.9 Å². The van der Waals surface area contributed by atoms with Crippen molar-refractivity contribution in [2.75, 3.05) is 13.6 Å². The van der Waals surface area contributed by atoms with Gasteiger partial charge in [-0.25, -0.2) is 18.5 Å². The van der Waals surface area contributed by atoms with E-state index in [-0.39, 0.29) is 28.9 Å². The number of guanidine groups is 1. The van der Waals surface area contributed by atoms with Crippen molar-refractivity contribution in [3.63, 3.8) is 0 Å². The highest BCUT2D eigenvalue weighted by Gasteiger charge is 2.11. The Labute approximate surface area is 186 Å². The van der Waals surface area contributed by atoms with Crippen molar-refractivity contribution in [1.29, 1.82) is 0 Å². The van der Waals surface area contributed by atoms with Crippen LogP contribution in [-0.2, 0) is 30.2 Å². The number of nitrogens with zero attached hydrogens (tertiary/aromatic N) is 3. The highest BCUT2D eigenvalue weighted by atomic mass is 127. The van der Waals surface area contributed by atoms with E-state index in [4.69, 9.17) is 5.14 Å². The van der Waals surface area contributed by atoms with Crippen molar-refractivity contribution in [3.8, 4) is 0 Å². The Morgan fingerprint density at radius 1 is 1.37 bits per heavy atom. The van der Waals surface area contributed by atoms with Gasteiger partial charge in [0, 0.05) is 37.0 Å². The zero-order chi connectivity index (χ0) is 19.3. The Bertz CT molecular complexity index is 898. The first-order chi connectivity index (χ1) is 12.2. The monoisotopic (exact) mass is 569 g/mol. The van der Waals surface area contributed by atoms with E-state index < -0.39 is 10.0 Å². The van der Waals surface area contributed by atoms with E-state index in [9.17, 15) is 8.42 Å². The number of sulfonamides is 1. The summed E-state index contributed by atoms with van der Waals surface area (Å²) in [5, 5.41) is 8.45. The van der Waals surface area contributed by atoms with Gasteiger partial charge >= 0.3 is 0 Å². The fraction of sp³-hybridized carbons (Fsp3) is 0.353. The minimum atomic E-state index is -3.72. The quantitative estimate of drug-likeness (QED) is 0.318. The van der Waals surface area contributed by atoms with Gasteiger partial charge in [-0.3, -0.25) is 0 Å². The van der Waals surface area contributed by atoms with E-state index >= 15 is 0 Å². The Balaban J connectivity index is 0.00000364. The van der Waals surface area contributed by atoms with Crippen LogP contribution in [0.1, 0.15) is 18.2 Å². The molecule has 1 heterocycles. The van der Waals surface area contributed by atoms with Crippen molar-refractivity contribution in [3.05, 3.63) is 52.3 Å². The Hall–Kier alpha value is -1.11. The molecule has 2 rings (SSSR count). The van der Waals surface area contributed by atoms with Crippen LogP contribution >= 0.6 is 39.9 Å². The van der Waals surface area contributed by atoms with Gasteiger partial charge in [-0.1, -0.05) is 12.1 Å². The minimum absolute atomic E-state index is 0. The van der Waals surface area contributed by atoms with Gasteiger partial charge in [0.15, 0.2) is 5.96 Å². The van der Waals surface area contributed by atoms with Crippen LogP contribution in [0, 0.1) is 0 Å². The summed E-state index contributed by atoms with van der Waals surface area (Å²) in [5.41, 5.74) is 1.92. The summed E-state index contributed by atoms with van der Waals surface area (Å²) < 4.78 is 26.1. The molecule has 0 aliphatic rings. The zero-order valence-electron chi connectivity index (χ0n) is 15.5. The smallest absolute Gasteiger partial charge is 0.238 e. The molecule has 0 aliphatic carbocycles. The van der Waals surface area contributed by atoms with E-state index in [2.05, 4.69) is 36.9 Å². The molecule has 1 aromatic carbocycles. The fourth-order valence-electron chi connectivity index (χ4n) is 2.50. The second-order valence-electron chi connectivity index (χ2n) is 5.98. The van der Waals surface area contributed by atoms with Crippen LogP contribution in [0.4, 0.5) is 0 Å². The lowest BCUT2D eigenvalue weighted by atomic mass is 10.2. The number of nitrogens with one attached hydrogen (secondary N) is 1. The summed E-state index contributed by atoms with van der Waals surface area (Å²) in [7, 11) is 0.243. The summed E-state index contributed by atoms with van der Waals surface area (Å²) in [4.78, 5) is 6.73. The second-order valence-corrected chi connectivity index (χ2v) is 8.46. The van der Waals surface area contributed by atoms with Gasteiger partial charge in [-0.2, -0.15) is 0 Å². The molecular weight excluding hydrogens is 545 g/mol. The van der Waals surface area contributed by atoms with Gasteiger partial charge in [-0.05, 0) is 46.6 Å². The number of aromatic nitrogens is 1. The van der Waals surface area contributed by atoms with E-state index in [1.165, 1.54) is 6.07 Å². The average molecular weight is 570 g/mol. The molecule has 150 valence electrons. The molecule has 27 heavy (non-hydrogen) atoms. The van der Waals surface area contributed by atoms with Crippen LogP contribution in [0.25, 0.3) is 0 Å². The number of nitrogens with two attached hydrogens (primary N) is 1. The third-order valence-electron chi connectivity index (χ3n) is 3.81. The zero-order valence-corrected chi connectivity index (χ0v) is 20.2. The maximum absolute atomic E-state index is 11.5. The van der Waals surface area contributed by atoms with Gasteiger partial charge in [0.25, 0.3) is 0 Å². The molecule has 7 nitrogen and oxygen atoms in total. The Kier molecular flexibility index (Phi) is 9.25. The molecule has 0 fully saturated rings. The third kappa shape index (κ3) is 7.09. The van der Waals surface area contributed by atoms with E-state index in [0.717, 1.165) is 28.2 Å². The number of primary sulfonamides is 1. The highest BCUT2D eigenvalue weighted by Crippen LogP contribution is 2.15. The van der Waals surface area contributed by atoms with Crippen molar-refractivity contribution >= 4 is 55.9 Å². The molecule has 0 spiro atoms.